The number of carbonyl (C=O) groups is 1. The van der Waals surface area contributed by atoms with Gasteiger partial charge in [-0.25, -0.2) is 0 Å². The van der Waals surface area contributed by atoms with Crippen LogP contribution in [0.15, 0.2) is 18.2 Å². The van der Waals surface area contributed by atoms with Gasteiger partial charge in [0.15, 0.2) is 11.5 Å². The first-order valence-electron chi connectivity index (χ1n) is 5.78. The van der Waals surface area contributed by atoms with Gasteiger partial charge in [-0.05, 0) is 31.5 Å². The smallest absolute Gasteiger partial charge is 0.235 e. The number of ether oxygens (including phenoxy) is 2. The Hall–Kier alpha value is -1.42. The van der Waals surface area contributed by atoms with Crippen molar-refractivity contribution >= 4 is 17.5 Å². The van der Waals surface area contributed by atoms with E-state index in [9.17, 15) is 4.79 Å². The van der Waals surface area contributed by atoms with E-state index < -0.39 is 0 Å². The van der Waals surface area contributed by atoms with Crippen LogP contribution in [0.4, 0.5) is 0 Å². The Morgan fingerprint density at radius 1 is 1.44 bits per heavy atom. The molecule has 1 atom stereocenters. The van der Waals surface area contributed by atoms with Gasteiger partial charge in [0.2, 0.25) is 5.91 Å². The highest BCUT2D eigenvalue weighted by Crippen LogP contribution is 2.30. The molecule has 0 spiro atoms. The molecule has 100 valence electrons. The van der Waals surface area contributed by atoms with Gasteiger partial charge >= 0.3 is 0 Å². The molecule has 1 rings (SSSR count). The molecule has 0 heterocycles. The molecule has 0 aliphatic heterocycles. The normalized spacial score (nSPS) is 11.8. The Morgan fingerprint density at radius 2 is 2.17 bits per heavy atom. The van der Waals surface area contributed by atoms with Gasteiger partial charge in [0, 0.05) is 0 Å². The van der Waals surface area contributed by atoms with Gasteiger partial charge in [-0.15, -0.1) is 11.6 Å². The average Bonchev–Trinajstić information content (AvgIpc) is 2.39. The number of methoxy groups -OCH3 is 1. The Morgan fingerprint density at radius 3 is 2.72 bits per heavy atom. The monoisotopic (exact) mass is 271 g/mol. The SMILES string of the molecule is CCOc1ccc([C@@H](C)NC(=O)CCl)cc1OC. The van der Waals surface area contributed by atoms with E-state index in [0.717, 1.165) is 5.56 Å². The maximum Gasteiger partial charge on any atom is 0.235 e. The van der Waals surface area contributed by atoms with E-state index in [1.165, 1.54) is 0 Å². The highest BCUT2D eigenvalue weighted by Gasteiger charge is 2.12. The second-order valence-corrected chi connectivity index (χ2v) is 4.03. The van der Waals surface area contributed by atoms with Crippen LogP contribution in [0.5, 0.6) is 11.5 Å². The number of halogens is 1. The minimum atomic E-state index is -0.197. The lowest BCUT2D eigenvalue weighted by Gasteiger charge is -2.16. The van der Waals surface area contributed by atoms with Crippen molar-refractivity contribution < 1.29 is 14.3 Å². The van der Waals surface area contributed by atoms with Gasteiger partial charge in [0.1, 0.15) is 5.88 Å². The molecule has 0 unspecified atom stereocenters. The molecule has 0 aliphatic rings. The third-order valence-electron chi connectivity index (χ3n) is 2.49. The Labute approximate surface area is 112 Å². The predicted octanol–water partition coefficient (Wildman–Crippen LogP) is 2.51. The van der Waals surface area contributed by atoms with Crippen molar-refractivity contribution in [1.29, 1.82) is 0 Å². The summed E-state index contributed by atoms with van der Waals surface area (Å²) in [6, 6.07) is 5.46. The average molecular weight is 272 g/mol. The molecule has 4 nitrogen and oxygen atoms in total. The minimum Gasteiger partial charge on any atom is -0.493 e. The number of carbonyl (C=O) groups excluding carboxylic acids is 1. The van der Waals surface area contributed by atoms with Crippen LogP contribution in [0.1, 0.15) is 25.5 Å². The van der Waals surface area contributed by atoms with Crippen LogP contribution in [-0.2, 0) is 4.79 Å². The Kier molecular flexibility index (Phi) is 5.78. The molecule has 0 aromatic heterocycles. The lowest BCUT2D eigenvalue weighted by atomic mass is 10.1. The number of alkyl halides is 1. The second-order valence-electron chi connectivity index (χ2n) is 3.77. The van der Waals surface area contributed by atoms with Gasteiger partial charge < -0.3 is 14.8 Å². The summed E-state index contributed by atoms with van der Waals surface area (Å²) >= 11 is 5.45. The molecule has 0 bridgehead atoms. The number of hydrogen-bond donors (Lipinski definition) is 1. The van der Waals surface area contributed by atoms with E-state index in [1.807, 2.05) is 32.0 Å². The molecule has 0 saturated carbocycles. The summed E-state index contributed by atoms with van der Waals surface area (Å²) in [6.45, 7) is 4.38. The Balaban J connectivity index is 2.87. The molecular formula is C13H18ClNO3. The fourth-order valence-corrected chi connectivity index (χ4v) is 1.67. The summed E-state index contributed by atoms with van der Waals surface area (Å²) in [5.74, 6) is 1.11. The van der Waals surface area contributed by atoms with Crippen LogP contribution in [0, 0.1) is 0 Å². The van der Waals surface area contributed by atoms with Gasteiger partial charge in [0.05, 0.1) is 19.8 Å². The largest absolute Gasteiger partial charge is 0.493 e. The molecule has 1 aromatic rings. The van der Waals surface area contributed by atoms with Gasteiger partial charge in [-0.2, -0.15) is 0 Å². The quantitative estimate of drug-likeness (QED) is 0.809. The van der Waals surface area contributed by atoms with Gasteiger partial charge in [-0.3, -0.25) is 4.79 Å². The van der Waals surface area contributed by atoms with Crippen LogP contribution in [0.2, 0.25) is 0 Å². The first-order valence-corrected chi connectivity index (χ1v) is 6.31. The number of nitrogens with one attached hydrogen (secondary N) is 1. The highest BCUT2D eigenvalue weighted by molar-refractivity contribution is 6.27. The van der Waals surface area contributed by atoms with Crippen molar-refractivity contribution in [3.8, 4) is 11.5 Å². The molecule has 1 aromatic carbocycles. The standard InChI is InChI=1S/C13H18ClNO3/c1-4-18-11-6-5-10(7-12(11)17-3)9(2)15-13(16)8-14/h5-7,9H,4,8H2,1-3H3,(H,15,16)/t9-/m1/s1. The molecule has 0 fully saturated rings. The number of hydrogen-bond acceptors (Lipinski definition) is 3. The van der Waals surface area contributed by atoms with E-state index in [4.69, 9.17) is 21.1 Å². The molecule has 5 heteroatoms. The summed E-state index contributed by atoms with van der Waals surface area (Å²) in [4.78, 5) is 11.2. The van der Waals surface area contributed by atoms with E-state index in [2.05, 4.69) is 5.32 Å². The van der Waals surface area contributed by atoms with E-state index in [-0.39, 0.29) is 17.8 Å². The van der Waals surface area contributed by atoms with Crippen LogP contribution in [0.3, 0.4) is 0 Å². The molecular weight excluding hydrogens is 254 g/mol. The molecule has 0 saturated heterocycles. The second kappa shape index (κ2) is 7.11. The number of amides is 1. The van der Waals surface area contributed by atoms with Gasteiger partial charge in [-0.1, -0.05) is 6.07 Å². The number of rotatable bonds is 6. The van der Waals surface area contributed by atoms with E-state index in [0.29, 0.717) is 18.1 Å². The zero-order valence-corrected chi connectivity index (χ0v) is 11.6. The lowest BCUT2D eigenvalue weighted by Crippen LogP contribution is -2.27. The molecule has 0 aliphatic carbocycles. The van der Waals surface area contributed by atoms with Crippen LogP contribution in [-0.4, -0.2) is 25.5 Å². The maximum absolute atomic E-state index is 11.2. The maximum atomic E-state index is 11.2. The molecule has 1 N–H and O–H groups in total. The Bertz CT molecular complexity index is 409. The minimum absolute atomic E-state index is 0.0432. The van der Waals surface area contributed by atoms with Crippen LogP contribution >= 0.6 is 11.6 Å². The predicted molar refractivity (Wildman–Crippen MR) is 71.4 cm³/mol. The summed E-state index contributed by atoms with van der Waals surface area (Å²) in [7, 11) is 1.59. The lowest BCUT2D eigenvalue weighted by molar-refractivity contribution is -0.119. The topological polar surface area (TPSA) is 47.6 Å². The van der Waals surface area contributed by atoms with E-state index in [1.54, 1.807) is 7.11 Å². The molecule has 1 amide bonds. The summed E-state index contributed by atoms with van der Waals surface area (Å²) in [5.41, 5.74) is 0.939. The van der Waals surface area contributed by atoms with Crippen molar-refractivity contribution in [2.24, 2.45) is 0 Å². The first-order chi connectivity index (χ1) is 8.62. The summed E-state index contributed by atoms with van der Waals surface area (Å²) in [6.07, 6.45) is 0. The first kappa shape index (κ1) is 14.6. The summed E-state index contributed by atoms with van der Waals surface area (Å²) < 4.78 is 10.7. The fraction of sp³-hybridized carbons (Fsp3) is 0.462. The van der Waals surface area contributed by atoms with Crippen LogP contribution < -0.4 is 14.8 Å². The fourth-order valence-electron chi connectivity index (χ4n) is 1.59. The zero-order valence-electron chi connectivity index (χ0n) is 10.8. The molecule has 18 heavy (non-hydrogen) atoms. The van der Waals surface area contributed by atoms with Crippen molar-refractivity contribution in [2.45, 2.75) is 19.9 Å². The van der Waals surface area contributed by atoms with Crippen molar-refractivity contribution in [3.63, 3.8) is 0 Å². The van der Waals surface area contributed by atoms with Crippen molar-refractivity contribution in [3.05, 3.63) is 23.8 Å². The van der Waals surface area contributed by atoms with Crippen LogP contribution in [0.25, 0.3) is 0 Å². The number of benzene rings is 1. The highest BCUT2D eigenvalue weighted by atomic mass is 35.5. The van der Waals surface area contributed by atoms with E-state index >= 15 is 0 Å². The third kappa shape index (κ3) is 3.81. The molecule has 0 radical (unpaired) electrons. The van der Waals surface area contributed by atoms with Gasteiger partial charge in [0.25, 0.3) is 0 Å². The third-order valence-corrected chi connectivity index (χ3v) is 2.73. The summed E-state index contributed by atoms with van der Waals surface area (Å²) in [5, 5.41) is 2.78. The van der Waals surface area contributed by atoms with Crippen molar-refractivity contribution in [1.82, 2.24) is 5.32 Å². The zero-order chi connectivity index (χ0) is 13.5. The van der Waals surface area contributed by atoms with Crippen molar-refractivity contribution in [2.75, 3.05) is 19.6 Å².